The molecule has 3 atom stereocenters. The Morgan fingerprint density at radius 3 is 2.86 bits per heavy atom. The first-order valence-corrected chi connectivity index (χ1v) is 7.50. The molecule has 0 aromatic heterocycles. The van der Waals surface area contributed by atoms with Crippen LogP contribution in [-0.4, -0.2) is 37.9 Å². The summed E-state index contributed by atoms with van der Waals surface area (Å²) in [5.74, 6) is 1.56. The first-order valence-electron chi connectivity index (χ1n) is 7.50. The molecule has 1 amide bonds. The fraction of sp³-hybridized carbons (Fsp3) is 0.562. The average Bonchev–Trinajstić information content (AvgIpc) is 2.55. The van der Waals surface area contributed by atoms with Gasteiger partial charge in [0.05, 0.1) is 6.61 Å². The monoisotopic (exact) mass is 291 g/mol. The maximum atomic E-state index is 12.3. The molecule has 5 nitrogen and oxygen atoms in total. The highest BCUT2D eigenvalue weighted by Crippen LogP contribution is 2.31. The van der Waals surface area contributed by atoms with Gasteiger partial charge >= 0.3 is 0 Å². The van der Waals surface area contributed by atoms with E-state index >= 15 is 0 Å². The molecule has 0 radical (unpaired) electrons. The summed E-state index contributed by atoms with van der Waals surface area (Å²) in [7, 11) is 0. The molecule has 1 fully saturated rings. The molecule has 2 heterocycles. The fourth-order valence-electron chi connectivity index (χ4n) is 2.74. The van der Waals surface area contributed by atoms with Crippen molar-refractivity contribution in [2.45, 2.75) is 31.9 Å². The van der Waals surface area contributed by atoms with E-state index < -0.39 is 6.10 Å². The van der Waals surface area contributed by atoms with Crippen LogP contribution in [0.3, 0.4) is 0 Å². The van der Waals surface area contributed by atoms with Crippen LogP contribution in [0.5, 0.6) is 11.5 Å². The molecule has 1 aromatic rings. The van der Waals surface area contributed by atoms with E-state index in [1.54, 1.807) is 0 Å². The van der Waals surface area contributed by atoms with Gasteiger partial charge in [-0.2, -0.15) is 0 Å². The number of amides is 1. The molecule has 5 heteroatoms. The Bertz CT molecular complexity index is 499. The Morgan fingerprint density at radius 1 is 1.29 bits per heavy atom. The van der Waals surface area contributed by atoms with E-state index in [0.717, 1.165) is 19.4 Å². The lowest BCUT2D eigenvalue weighted by Crippen LogP contribution is -2.49. The summed E-state index contributed by atoms with van der Waals surface area (Å²) < 4.78 is 16.8. The summed E-state index contributed by atoms with van der Waals surface area (Å²) in [5, 5.41) is 3.03. The van der Waals surface area contributed by atoms with E-state index in [-0.39, 0.29) is 18.6 Å². The number of benzene rings is 1. The summed E-state index contributed by atoms with van der Waals surface area (Å²) >= 11 is 0. The number of para-hydroxylation sites is 2. The average molecular weight is 291 g/mol. The molecule has 114 valence electrons. The number of hydrogen-bond acceptors (Lipinski definition) is 4. The van der Waals surface area contributed by atoms with Gasteiger partial charge in [-0.05, 0) is 31.9 Å². The number of rotatable bonds is 3. The van der Waals surface area contributed by atoms with E-state index in [1.165, 1.54) is 0 Å². The van der Waals surface area contributed by atoms with Crippen LogP contribution in [0.25, 0.3) is 0 Å². The number of hydrogen-bond donors (Lipinski definition) is 1. The molecule has 1 saturated heterocycles. The van der Waals surface area contributed by atoms with Gasteiger partial charge < -0.3 is 19.5 Å². The highest BCUT2D eigenvalue weighted by atomic mass is 16.6. The quantitative estimate of drug-likeness (QED) is 0.922. The van der Waals surface area contributed by atoms with Crippen molar-refractivity contribution >= 4 is 5.91 Å². The minimum Gasteiger partial charge on any atom is -0.485 e. The van der Waals surface area contributed by atoms with E-state index in [2.05, 4.69) is 5.32 Å². The number of fused-ring (bicyclic) bond motifs is 1. The summed E-state index contributed by atoms with van der Waals surface area (Å²) in [6, 6.07) is 7.48. The maximum absolute atomic E-state index is 12.3. The minimum atomic E-state index is -0.591. The van der Waals surface area contributed by atoms with E-state index in [4.69, 9.17) is 14.2 Å². The third-order valence-electron chi connectivity index (χ3n) is 4.07. The van der Waals surface area contributed by atoms with Crippen LogP contribution in [0, 0.1) is 5.92 Å². The second kappa shape index (κ2) is 6.35. The predicted molar refractivity (Wildman–Crippen MR) is 77.5 cm³/mol. The minimum absolute atomic E-state index is 0.0820. The normalized spacial score (nSPS) is 26.0. The molecule has 0 bridgehead atoms. The third kappa shape index (κ3) is 3.29. The van der Waals surface area contributed by atoms with Crippen molar-refractivity contribution in [1.29, 1.82) is 0 Å². The molecule has 2 aliphatic rings. The van der Waals surface area contributed by atoms with Gasteiger partial charge in [0, 0.05) is 18.6 Å². The molecular formula is C16H21NO4. The lowest BCUT2D eigenvalue weighted by Gasteiger charge is -2.31. The van der Waals surface area contributed by atoms with Crippen molar-refractivity contribution in [3.63, 3.8) is 0 Å². The van der Waals surface area contributed by atoms with Gasteiger partial charge in [-0.25, -0.2) is 0 Å². The van der Waals surface area contributed by atoms with Crippen molar-refractivity contribution in [2.75, 3.05) is 19.8 Å². The SMILES string of the molecule is CC(NC(=O)C1COc2ccccc2O1)C1CCCOC1. The van der Waals surface area contributed by atoms with E-state index in [1.807, 2.05) is 31.2 Å². The molecule has 1 N–H and O–H groups in total. The van der Waals surface area contributed by atoms with Crippen LogP contribution in [-0.2, 0) is 9.53 Å². The van der Waals surface area contributed by atoms with Crippen molar-refractivity contribution < 1.29 is 19.0 Å². The van der Waals surface area contributed by atoms with Crippen molar-refractivity contribution in [1.82, 2.24) is 5.32 Å². The lowest BCUT2D eigenvalue weighted by atomic mass is 9.95. The number of ether oxygens (including phenoxy) is 3. The zero-order valence-corrected chi connectivity index (χ0v) is 12.2. The van der Waals surface area contributed by atoms with Gasteiger partial charge in [-0.15, -0.1) is 0 Å². The highest BCUT2D eigenvalue weighted by molar-refractivity contribution is 5.82. The fourth-order valence-corrected chi connectivity index (χ4v) is 2.74. The van der Waals surface area contributed by atoms with E-state index in [9.17, 15) is 4.79 Å². The van der Waals surface area contributed by atoms with Gasteiger partial charge in [0.25, 0.3) is 5.91 Å². The van der Waals surface area contributed by atoms with Gasteiger partial charge in [0.15, 0.2) is 11.5 Å². The van der Waals surface area contributed by atoms with E-state index in [0.29, 0.717) is 24.0 Å². The number of carbonyl (C=O) groups is 1. The molecule has 3 unspecified atom stereocenters. The van der Waals surface area contributed by atoms with Crippen LogP contribution >= 0.6 is 0 Å². The van der Waals surface area contributed by atoms with Crippen LogP contribution in [0.2, 0.25) is 0 Å². The Morgan fingerprint density at radius 2 is 2.10 bits per heavy atom. The molecule has 21 heavy (non-hydrogen) atoms. The Kier molecular flexibility index (Phi) is 4.29. The number of nitrogens with one attached hydrogen (secondary N) is 1. The highest BCUT2D eigenvalue weighted by Gasteiger charge is 2.30. The summed E-state index contributed by atoms with van der Waals surface area (Å²) in [6.45, 7) is 3.81. The van der Waals surface area contributed by atoms with Gasteiger partial charge in [0.1, 0.15) is 6.61 Å². The molecule has 0 saturated carbocycles. The lowest BCUT2D eigenvalue weighted by molar-refractivity contribution is -0.131. The molecule has 3 rings (SSSR count). The second-order valence-corrected chi connectivity index (χ2v) is 5.64. The summed E-state index contributed by atoms with van der Waals surface area (Å²) in [4.78, 5) is 12.3. The summed E-state index contributed by atoms with van der Waals surface area (Å²) in [6.07, 6.45) is 1.56. The molecular weight excluding hydrogens is 270 g/mol. The second-order valence-electron chi connectivity index (χ2n) is 5.64. The zero-order chi connectivity index (χ0) is 14.7. The zero-order valence-electron chi connectivity index (χ0n) is 12.2. The standard InChI is InChI=1S/C16H21NO4/c1-11(12-5-4-8-19-9-12)17-16(18)15-10-20-13-6-2-3-7-14(13)21-15/h2-3,6-7,11-12,15H,4-5,8-10H2,1H3,(H,17,18). The van der Waals surface area contributed by atoms with Crippen LogP contribution < -0.4 is 14.8 Å². The van der Waals surface area contributed by atoms with Gasteiger partial charge in [-0.3, -0.25) is 4.79 Å². The maximum Gasteiger partial charge on any atom is 0.264 e. The largest absolute Gasteiger partial charge is 0.485 e. The van der Waals surface area contributed by atoms with Crippen molar-refractivity contribution in [2.24, 2.45) is 5.92 Å². The first kappa shape index (κ1) is 14.2. The van der Waals surface area contributed by atoms with Crippen LogP contribution in [0.1, 0.15) is 19.8 Å². The Balaban J connectivity index is 1.56. The van der Waals surface area contributed by atoms with Crippen molar-refractivity contribution in [3.05, 3.63) is 24.3 Å². The molecule has 0 spiro atoms. The van der Waals surface area contributed by atoms with Crippen LogP contribution in [0.15, 0.2) is 24.3 Å². The summed E-state index contributed by atoms with van der Waals surface area (Å²) in [5.41, 5.74) is 0. The number of carbonyl (C=O) groups excluding carboxylic acids is 1. The topological polar surface area (TPSA) is 56.8 Å². The molecule has 0 aliphatic carbocycles. The van der Waals surface area contributed by atoms with Crippen molar-refractivity contribution in [3.8, 4) is 11.5 Å². The van der Waals surface area contributed by atoms with Crippen LogP contribution in [0.4, 0.5) is 0 Å². The van der Waals surface area contributed by atoms with Gasteiger partial charge in [-0.1, -0.05) is 12.1 Å². The first-order chi connectivity index (χ1) is 10.2. The predicted octanol–water partition coefficient (Wildman–Crippen LogP) is 1.76. The van der Waals surface area contributed by atoms with Gasteiger partial charge in [0.2, 0.25) is 6.10 Å². The Hall–Kier alpha value is -1.75. The molecule has 1 aromatic carbocycles. The molecule has 2 aliphatic heterocycles. The third-order valence-corrected chi connectivity index (χ3v) is 4.07. The smallest absolute Gasteiger partial charge is 0.264 e. The Labute approximate surface area is 124 Å².